The number of carbonyl (C=O) groups excluding carboxylic acids is 2. The van der Waals surface area contributed by atoms with Crippen LogP contribution in [0.1, 0.15) is 43.1 Å². The van der Waals surface area contributed by atoms with Crippen molar-refractivity contribution in [2.45, 2.75) is 32.6 Å². The van der Waals surface area contributed by atoms with Crippen molar-refractivity contribution in [2.75, 3.05) is 10.6 Å². The van der Waals surface area contributed by atoms with E-state index < -0.39 is 5.76 Å². The van der Waals surface area contributed by atoms with Gasteiger partial charge in [0.15, 0.2) is 5.82 Å². The van der Waals surface area contributed by atoms with Crippen molar-refractivity contribution in [3.63, 3.8) is 0 Å². The van der Waals surface area contributed by atoms with E-state index in [9.17, 15) is 14.4 Å². The molecule has 0 saturated carbocycles. The number of anilines is 2. The largest absolute Gasteiger partial charge is 0.439 e. The summed E-state index contributed by atoms with van der Waals surface area (Å²) >= 11 is 3.38. The summed E-state index contributed by atoms with van der Waals surface area (Å²) in [6.07, 6.45) is 3.34. The maximum atomic E-state index is 13.0. The van der Waals surface area contributed by atoms with Gasteiger partial charge in [-0.3, -0.25) is 19.1 Å². The molecule has 9 nitrogen and oxygen atoms in total. The highest BCUT2D eigenvalue weighted by Gasteiger charge is 2.17. The molecule has 0 bridgehead atoms. The second-order valence-corrected chi connectivity index (χ2v) is 8.46. The van der Waals surface area contributed by atoms with Gasteiger partial charge in [0.1, 0.15) is 5.69 Å². The fraction of sp³-hybridized carbons (Fsp3) is 0.217. The lowest BCUT2D eigenvalue weighted by molar-refractivity contribution is -0.116. The third-order valence-corrected chi connectivity index (χ3v) is 5.60. The van der Waals surface area contributed by atoms with Crippen LogP contribution >= 0.6 is 15.9 Å². The van der Waals surface area contributed by atoms with Crippen LogP contribution in [0.3, 0.4) is 0 Å². The van der Waals surface area contributed by atoms with Gasteiger partial charge in [0.2, 0.25) is 5.91 Å². The lowest BCUT2D eigenvalue weighted by Gasteiger charge is -2.09. The number of para-hydroxylation sites is 1. The van der Waals surface area contributed by atoms with Crippen molar-refractivity contribution >= 4 is 50.0 Å². The smallest absolute Gasteiger partial charge is 0.349 e. The fourth-order valence-corrected chi connectivity index (χ4v) is 3.85. The van der Waals surface area contributed by atoms with Gasteiger partial charge in [-0.2, -0.15) is 0 Å². The van der Waals surface area contributed by atoms with E-state index in [4.69, 9.17) is 0 Å². The quantitative estimate of drug-likeness (QED) is 0.246. The predicted octanol–water partition coefficient (Wildman–Crippen LogP) is 5.04. The Morgan fingerprint density at radius 3 is 2.67 bits per heavy atom. The molecule has 2 aromatic heterocycles. The molecular formula is C23H22BrN5O4. The Balaban J connectivity index is 1.57. The Bertz CT molecular complexity index is 1370. The first-order valence-corrected chi connectivity index (χ1v) is 11.3. The number of unbranched alkanes of at least 4 members (excludes halogenated alkanes) is 2. The number of nitrogens with zero attached hydrogens (tertiary/aromatic N) is 1. The highest BCUT2D eigenvalue weighted by molar-refractivity contribution is 9.10. The van der Waals surface area contributed by atoms with Crippen LogP contribution in [0, 0.1) is 0 Å². The molecule has 0 spiro atoms. The molecule has 4 aromatic rings. The van der Waals surface area contributed by atoms with Crippen molar-refractivity contribution in [1.82, 2.24) is 15.1 Å². The standard InChI is InChI=1S/C23H22BrN5O4/c1-2-3-4-8-19(30)25-17-7-5-6-13-11-18(26-20(13)17)22(31)27-16-10-9-14(24)12-15(16)21-28-23(32)33-29-21/h5-7,9-12,26H,2-4,8H2,1H3,(H,25,30)(H,27,31)(H,28,29,32). The molecule has 0 aliphatic rings. The molecule has 170 valence electrons. The van der Waals surface area contributed by atoms with Crippen LogP contribution in [-0.4, -0.2) is 26.9 Å². The molecule has 0 aliphatic heterocycles. The predicted molar refractivity (Wildman–Crippen MR) is 129 cm³/mol. The Hall–Kier alpha value is -3.66. The highest BCUT2D eigenvalue weighted by atomic mass is 79.9. The topological polar surface area (TPSA) is 133 Å². The van der Waals surface area contributed by atoms with E-state index in [1.807, 2.05) is 12.1 Å². The fourth-order valence-electron chi connectivity index (χ4n) is 3.49. The Kier molecular flexibility index (Phi) is 6.74. The van der Waals surface area contributed by atoms with E-state index in [1.54, 1.807) is 30.3 Å². The van der Waals surface area contributed by atoms with Crippen molar-refractivity contribution in [2.24, 2.45) is 0 Å². The van der Waals surface area contributed by atoms with E-state index in [0.29, 0.717) is 34.6 Å². The number of halogens is 1. The lowest BCUT2D eigenvalue weighted by Crippen LogP contribution is -2.13. The second-order valence-electron chi connectivity index (χ2n) is 7.55. The monoisotopic (exact) mass is 511 g/mol. The van der Waals surface area contributed by atoms with Crippen molar-refractivity contribution in [1.29, 1.82) is 0 Å². The normalized spacial score (nSPS) is 11.0. The van der Waals surface area contributed by atoms with Crippen LogP contribution < -0.4 is 16.4 Å². The van der Waals surface area contributed by atoms with E-state index >= 15 is 0 Å². The van der Waals surface area contributed by atoms with Gasteiger partial charge in [-0.15, -0.1) is 0 Å². The van der Waals surface area contributed by atoms with Gasteiger partial charge in [0, 0.05) is 21.8 Å². The molecule has 0 unspecified atom stereocenters. The molecule has 0 aliphatic carbocycles. The number of rotatable bonds is 8. The van der Waals surface area contributed by atoms with Crippen molar-refractivity contribution in [3.05, 3.63) is 63.2 Å². The molecular weight excluding hydrogens is 490 g/mol. The SMILES string of the molecule is CCCCCC(=O)Nc1cccc2cc(C(=O)Nc3ccc(Br)cc3-c3noc(=O)[nH]3)[nH]c12. The number of fused-ring (bicyclic) bond motifs is 1. The zero-order chi connectivity index (χ0) is 23.4. The number of hydrogen-bond acceptors (Lipinski definition) is 5. The minimum absolute atomic E-state index is 0.0577. The minimum Gasteiger partial charge on any atom is -0.349 e. The number of aromatic nitrogens is 3. The number of H-pyrrole nitrogens is 2. The van der Waals surface area contributed by atoms with Crippen LogP contribution in [0.25, 0.3) is 22.3 Å². The number of hydrogen-bond donors (Lipinski definition) is 4. The van der Waals surface area contributed by atoms with Crippen LogP contribution in [0.5, 0.6) is 0 Å². The van der Waals surface area contributed by atoms with E-state index in [-0.39, 0.29) is 17.6 Å². The highest BCUT2D eigenvalue weighted by Crippen LogP contribution is 2.29. The summed E-state index contributed by atoms with van der Waals surface area (Å²) in [5.74, 6) is -0.943. The summed E-state index contributed by atoms with van der Waals surface area (Å²) in [6, 6.07) is 12.4. The zero-order valence-corrected chi connectivity index (χ0v) is 19.4. The Morgan fingerprint density at radius 2 is 1.91 bits per heavy atom. The van der Waals surface area contributed by atoms with E-state index in [0.717, 1.165) is 29.1 Å². The summed E-state index contributed by atoms with van der Waals surface area (Å²) in [5, 5.41) is 10.3. The van der Waals surface area contributed by atoms with Crippen LogP contribution in [0.15, 0.2) is 56.3 Å². The first-order valence-electron chi connectivity index (χ1n) is 10.5. The molecule has 0 radical (unpaired) electrons. The molecule has 2 amide bonds. The maximum absolute atomic E-state index is 13.0. The molecule has 0 saturated heterocycles. The average Bonchev–Trinajstić information content (AvgIpc) is 3.42. The Labute approximate surface area is 197 Å². The molecule has 2 heterocycles. The summed E-state index contributed by atoms with van der Waals surface area (Å²) in [6.45, 7) is 2.09. The van der Waals surface area contributed by atoms with Gasteiger partial charge in [0.05, 0.1) is 16.9 Å². The lowest BCUT2D eigenvalue weighted by atomic mass is 10.1. The summed E-state index contributed by atoms with van der Waals surface area (Å²) in [4.78, 5) is 42.2. The molecule has 33 heavy (non-hydrogen) atoms. The number of carbonyl (C=O) groups is 2. The van der Waals surface area contributed by atoms with Crippen molar-refractivity contribution in [3.8, 4) is 11.4 Å². The van der Waals surface area contributed by atoms with Gasteiger partial charge >= 0.3 is 5.76 Å². The zero-order valence-electron chi connectivity index (χ0n) is 17.8. The van der Waals surface area contributed by atoms with E-state index in [1.165, 1.54) is 0 Å². The first kappa shape index (κ1) is 22.5. The van der Waals surface area contributed by atoms with Crippen LogP contribution in [0.2, 0.25) is 0 Å². The molecule has 2 aromatic carbocycles. The number of aromatic amines is 2. The average molecular weight is 512 g/mol. The number of amides is 2. The second kappa shape index (κ2) is 9.86. The first-order chi connectivity index (χ1) is 15.9. The molecule has 0 fully saturated rings. The van der Waals surface area contributed by atoms with Gasteiger partial charge in [-0.25, -0.2) is 4.79 Å². The van der Waals surface area contributed by atoms with Gasteiger partial charge in [-0.1, -0.05) is 53.0 Å². The molecule has 0 atom stereocenters. The van der Waals surface area contributed by atoms with Crippen LogP contribution in [-0.2, 0) is 4.79 Å². The third kappa shape index (κ3) is 5.23. The van der Waals surface area contributed by atoms with Crippen molar-refractivity contribution < 1.29 is 14.1 Å². The summed E-state index contributed by atoms with van der Waals surface area (Å²) in [5.41, 5.74) is 2.54. The number of nitrogens with one attached hydrogen (secondary N) is 4. The third-order valence-electron chi connectivity index (χ3n) is 5.11. The van der Waals surface area contributed by atoms with Crippen LogP contribution in [0.4, 0.5) is 11.4 Å². The summed E-state index contributed by atoms with van der Waals surface area (Å²) < 4.78 is 5.33. The number of benzene rings is 2. The Morgan fingerprint density at radius 1 is 1.06 bits per heavy atom. The summed E-state index contributed by atoms with van der Waals surface area (Å²) in [7, 11) is 0. The molecule has 10 heteroatoms. The maximum Gasteiger partial charge on any atom is 0.439 e. The minimum atomic E-state index is -0.692. The molecule has 4 rings (SSSR count). The van der Waals surface area contributed by atoms with Gasteiger partial charge in [-0.05, 0) is 36.8 Å². The van der Waals surface area contributed by atoms with Gasteiger partial charge < -0.3 is 15.6 Å². The molecule has 4 N–H and O–H groups in total. The van der Waals surface area contributed by atoms with Gasteiger partial charge in [0.25, 0.3) is 5.91 Å². The van der Waals surface area contributed by atoms with E-state index in [2.05, 4.69) is 53.1 Å².